The summed E-state index contributed by atoms with van der Waals surface area (Å²) in [4.78, 5) is 0.0750. The summed E-state index contributed by atoms with van der Waals surface area (Å²) in [5, 5.41) is 0. The minimum atomic E-state index is -3.72. The lowest BCUT2D eigenvalue weighted by atomic mass is 10.1. The second-order valence-corrected chi connectivity index (χ2v) is 7.01. The number of fused-ring (bicyclic) bond motifs is 1. The van der Waals surface area contributed by atoms with Gasteiger partial charge in [0.25, 0.3) is 10.0 Å². The molecule has 0 saturated heterocycles. The third-order valence-electron chi connectivity index (χ3n) is 3.63. The van der Waals surface area contributed by atoms with Crippen molar-refractivity contribution in [2.75, 3.05) is 10.0 Å². The molecule has 3 rings (SSSR count). The molecule has 0 aliphatic carbocycles. The van der Waals surface area contributed by atoms with Crippen LogP contribution in [0.15, 0.2) is 47.4 Å². The van der Waals surface area contributed by atoms with Crippen LogP contribution in [0.25, 0.3) is 0 Å². The molecule has 21 heavy (non-hydrogen) atoms. The zero-order valence-electron chi connectivity index (χ0n) is 11.5. The molecule has 0 amide bonds. The van der Waals surface area contributed by atoms with Crippen molar-refractivity contribution in [3.8, 4) is 0 Å². The van der Waals surface area contributed by atoms with Crippen LogP contribution < -0.4 is 10.0 Å². The number of anilines is 2. The number of nitrogen functional groups attached to an aromatic ring is 1. The van der Waals surface area contributed by atoms with Crippen molar-refractivity contribution in [3.05, 3.63) is 53.8 Å². The molecule has 1 aliphatic rings. The largest absolute Gasteiger partial charge is 0.399 e. The summed E-state index contributed by atoms with van der Waals surface area (Å²) >= 11 is 0. The normalized spacial score (nSPS) is 17.8. The first-order chi connectivity index (χ1) is 9.89. The fourth-order valence-corrected chi connectivity index (χ4v) is 4.37. The average molecular weight is 306 g/mol. The van der Waals surface area contributed by atoms with E-state index in [4.69, 9.17) is 5.73 Å². The van der Waals surface area contributed by atoms with Crippen LogP contribution in [-0.2, 0) is 16.4 Å². The van der Waals surface area contributed by atoms with Gasteiger partial charge in [0.05, 0.1) is 10.6 Å². The molecule has 0 radical (unpaired) electrons. The van der Waals surface area contributed by atoms with Crippen LogP contribution in [0, 0.1) is 5.82 Å². The maximum atomic E-state index is 13.0. The maximum Gasteiger partial charge on any atom is 0.264 e. The van der Waals surface area contributed by atoms with E-state index in [1.165, 1.54) is 16.4 Å². The Bertz CT molecular complexity index is 788. The minimum Gasteiger partial charge on any atom is -0.399 e. The van der Waals surface area contributed by atoms with Gasteiger partial charge < -0.3 is 5.73 Å². The van der Waals surface area contributed by atoms with Gasteiger partial charge in [0.1, 0.15) is 5.82 Å². The van der Waals surface area contributed by atoms with Crippen LogP contribution in [0.2, 0.25) is 0 Å². The van der Waals surface area contributed by atoms with E-state index < -0.39 is 15.8 Å². The summed E-state index contributed by atoms with van der Waals surface area (Å²) in [7, 11) is -3.72. The highest BCUT2D eigenvalue weighted by Crippen LogP contribution is 2.37. The standard InChI is InChI=1S/C15H15FN2O2S/c1-10-8-11-2-5-13(17)9-15(11)18(10)21(19,20)14-6-3-12(16)4-7-14/h2-7,9-10H,8,17H2,1H3/t10-/m0/s1. The zero-order valence-corrected chi connectivity index (χ0v) is 12.3. The predicted molar refractivity (Wildman–Crippen MR) is 80.1 cm³/mol. The number of nitrogens with zero attached hydrogens (tertiary/aromatic N) is 1. The van der Waals surface area contributed by atoms with Crippen LogP contribution in [0.5, 0.6) is 0 Å². The van der Waals surface area contributed by atoms with Crippen molar-refractivity contribution in [2.45, 2.75) is 24.3 Å². The van der Waals surface area contributed by atoms with Gasteiger partial charge in [-0.3, -0.25) is 4.31 Å². The lowest BCUT2D eigenvalue weighted by molar-refractivity contribution is 0.583. The van der Waals surface area contributed by atoms with Crippen molar-refractivity contribution < 1.29 is 12.8 Å². The fraction of sp³-hybridized carbons (Fsp3) is 0.200. The van der Waals surface area contributed by atoms with Crippen molar-refractivity contribution in [1.82, 2.24) is 0 Å². The Morgan fingerprint density at radius 1 is 1.19 bits per heavy atom. The molecule has 110 valence electrons. The van der Waals surface area contributed by atoms with E-state index in [9.17, 15) is 12.8 Å². The van der Waals surface area contributed by atoms with Gasteiger partial charge >= 0.3 is 0 Å². The number of halogens is 1. The highest BCUT2D eigenvalue weighted by Gasteiger charge is 2.36. The quantitative estimate of drug-likeness (QED) is 0.867. The molecule has 4 nitrogen and oxygen atoms in total. The molecule has 1 atom stereocenters. The molecule has 1 aliphatic heterocycles. The van der Waals surface area contributed by atoms with Gasteiger partial charge in [-0.1, -0.05) is 6.07 Å². The first-order valence-electron chi connectivity index (χ1n) is 6.58. The summed E-state index contributed by atoms with van der Waals surface area (Å²) in [5.74, 6) is -0.465. The van der Waals surface area contributed by atoms with E-state index in [0.29, 0.717) is 17.8 Å². The summed E-state index contributed by atoms with van der Waals surface area (Å²) in [6.07, 6.45) is 0.635. The molecule has 0 unspecified atom stereocenters. The summed E-state index contributed by atoms with van der Waals surface area (Å²) in [6, 6.07) is 9.93. The van der Waals surface area contributed by atoms with E-state index in [1.54, 1.807) is 12.1 Å². The highest BCUT2D eigenvalue weighted by molar-refractivity contribution is 7.92. The van der Waals surface area contributed by atoms with Gasteiger partial charge in [0.15, 0.2) is 0 Å². The Morgan fingerprint density at radius 2 is 1.86 bits per heavy atom. The Hall–Kier alpha value is -2.08. The Kier molecular flexibility index (Phi) is 3.13. The molecule has 0 fully saturated rings. The smallest absolute Gasteiger partial charge is 0.264 e. The van der Waals surface area contributed by atoms with E-state index in [1.807, 2.05) is 13.0 Å². The third-order valence-corrected chi connectivity index (χ3v) is 5.58. The summed E-state index contributed by atoms with van der Waals surface area (Å²) < 4.78 is 39.9. The molecule has 0 aromatic heterocycles. The molecular formula is C15H15FN2O2S. The second kappa shape index (κ2) is 4.73. The zero-order chi connectivity index (χ0) is 15.2. The fourth-order valence-electron chi connectivity index (χ4n) is 2.68. The Morgan fingerprint density at radius 3 is 2.52 bits per heavy atom. The number of hydrogen-bond donors (Lipinski definition) is 1. The first-order valence-corrected chi connectivity index (χ1v) is 8.02. The van der Waals surface area contributed by atoms with E-state index in [2.05, 4.69) is 0 Å². The van der Waals surface area contributed by atoms with E-state index in [-0.39, 0.29) is 10.9 Å². The number of hydrogen-bond acceptors (Lipinski definition) is 3. The molecule has 0 spiro atoms. The third kappa shape index (κ3) is 2.25. The van der Waals surface area contributed by atoms with Gasteiger partial charge in [-0.2, -0.15) is 0 Å². The maximum absolute atomic E-state index is 13.0. The molecule has 2 N–H and O–H groups in total. The Balaban J connectivity index is 2.12. The van der Waals surface area contributed by atoms with Crippen molar-refractivity contribution in [1.29, 1.82) is 0 Å². The molecular weight excluding hydrogens is 291 g/mol. The van der Waals surface area contributed by atoms with E-state index in [0.717, 1.165) is 17.7 Å². The van der Waals surface area contributed by atoms with Crippen molar-refractivity contribution in [2.24, 2.45) is 0 Å². The lowest BCUT2D eigenvalue weighted by Crippen LogP contribution is -2.35. The van der Waals surface area contributed by atoms with Crippen LogP contribution in [0.3, 0.4) is 0 Å². The van der Waals surface area contributed by atoms with Crippen molar-refractivity contribution in [3.63, 3.8) is 0 Å². The second-order valence-electron chi connectivity index (χ2n) is 5.20. The van der Waals surface area contributed by atoms with Crippen molar-refractivity contribution >= 4 is 21.4 Å². The number of rotatable bonds is 2. The minimum absolute atomic E-state index is 0.0750. The Labute approximate surface area is 123 Å². The number of nitrogens with two attached hydrogens (primary N) is 1. The molecule has 0 saturated carbocycles. The van der Waals surface area contributed by atoms with Crippen LogP contribution in [0.1, 0.15) is 12.5 Å². The first kappa shape index (κ1) is 13.9. The average Bonchev–Trinajstić information content (AvgIpc) is 2.75. The molecule has 0 bridgehead atoms. The summed E-state index contributed by atoms with van der Waals surface area (Å²) in [6.45, 7) is 1.84. The topological polar surface area (TPSA) is 63.4 Å². The van der Waals surface area contributed by atoms with Crippen LogP contribution in [-0.4, -0.2) is 14.5 Å². The number of benzene rings is 2. The molecule has 1 heterocycles. The number of sulfonamides is 1. The van der Waals surface area contributed by atoms with Gasteiger partial charge in [-0.15, -0.1) is 0 Å². The van der Waals surface area contributed by atoms with Crippen LogP contribution >= 0.6 is 0 Å². The van der Waals surface area contributed by atoms with Gasteiger partial charge in [-0.25, -0.2) is 12.8 Å². The monoisotopic (exact) mass is 306 g/mol. The van der Waals surface area contributed by atoms with E-state index >= 15 is 0 Å². The lowest BCUT2D eigenvalue weighted by Gasteiger charge is -2.24. The van der Waals surface area contributed by atoms with Crippen LogP contribution in [0.4, 0.5) is 15.8 Å². The highest BCUT2D eigenvalue weighted by atomic mass is 32.2. The van der Waals surface area contributed by atoms with Gasteiger partial charge in [0.2, 0.25) is 0 Å². The SMILES string of the molecule is C[C@H]1Cc2ccc(N)cc2N1S(=O)(=O)c1ccc(F)cc1. The predicted octanol–water partition coefficient (Wildman–Crippen LogP) is 2.55. The molecule has 2 aromatic carbocycles. The molecule has 6 heteroatoms. The summed E-state index contributed by atoms with van der Waals surface area (Å²) in [5.41, 5.74) is 7.84. The molecule has 2 aromatic rings. The van der Waals surface area contributed by atoms with Gasteiger partial charge in [0, 0.05) is 11.7 Å². The van der Waals surface area contributed by atoms with Gasteiger partial charge in [-0.05, 0) is 55.3 Å².